The molecule has 21 heavy (non-hydrogen) atoms. The number of nitrogens with one attached hydrogen (secondary N) is 1. The smallest absolute Gasteiger partial charge is 0.267 e. The molecule has 2 rings (SSSR count). The van der Waals surface area contributed by atoms with Crippen LogP contribution in [0.2, 0.25) is 0 Å². The van der Waals surface area contributed by atoms with Gasteiger partial charge in [-0.15, -0.1) is 0 Å². The molecule has 1 amide bonds. The molecule has 0 atom stereocenters. The quantitative estimate of drug-likeness (QED) is 0.662. The van der Waals surface area contributed by atoms with Gasteiger partial charge in [-0.05, 0) is 30.2 Å². The van der Waals surface area contributed by atoms with Crippen LogP contribution in [0, 0.1) is 5.82 Å². The van der Waals surface area contributed by atoms with Crippen LogP contribution in [0.4, 0.5) is 4.39 Å². The summed E-state index contributed by atoms with van der Waals surface area (Å²) in [6.07, 6.45) is 1.42. The van der Waals surface area contributed by atoms with E-state index < -0.39 is 11.7 Å². The fourth-order valence-electron chi connectivity index (χ4n) is 1.90. The number of halogens is 1. The molecule has 2 aromatic rings. The molecule has 3 nitrogen and oxygen atoms in total. The number of hydrogen-bond donors (Lipinski definition) is 1. The molecule has 108 valence electrons. The van der Waals surface area contributed by atoms with Gasteiger partial charge in [0.05, 0.1) is 0 Å². The van der Waals surface area contributed by atoms with Crippen molar-refractivity contribution in [3.8, 4) is 0 Å². The summed E-state index contributed by atoms with van der Waals surface area (Å²) < 4.78 is 13.1. The van der Waals surface area contributed by atoms with Gasteiger partial charge in [-0.1, -0.05) is 43.3 Å². The van der Waals surface area contributed by atoms with Crippen molar-refractivity contribution in [1.29, 1.82) is 0 Å². The number of rotatable bonds is 5. The normalized spacial score (nSPS) is 11.2. The maximum absolute atomic E-state index is 13.1. The van der Waals surface area contributed by atoms with Crippen molar-refractivity contribution in [1.82, 2.24) is 5.43 Å². The summed E-state index contributed by atoms with van der Waals surface area (Å²) in [7, 11) is 0. The second-order valence-electron chi connectivity index (χ2n) is 4.65. The first-order valence-electron chi connectivity index (χ1n) is 6.84. The number of carbonyl (C=O) groups excluding carboxylic acids is 1. The van der Waals surface area contributed by atoms with Crippen LogP contribution in [-0.2, 0) is 6.42 Å². The lowest BCUT2D eigenvalue weighted by Crippen LogP contribution is -2.20. The highest BCUT2D eigenvalue weighted by Crippen LogP contribution is 2.05. The van der Waals surface area contributed by atoms with Crippen LogP contribution in [0.25, 0.3) is 0 Å². The lowest BCUT2D eigenvalue weighted by atomic mass is 10.1. The van der Waals surface area contributed by atoms with Crippen LogP contribution >= 0.6 is 0 Å². The fraction of sp³-hybridized carbons (Fsp3) is 0.176. The largest absolute Gasteiger partial charge is 0.271 e. The molecular formula is C17H17FN2O. The molecule has 4 heteroatoms. The lowest BCUT2D eigenvalue weighted by Gasteiger charge is -2.05. The summed E-state index contributed by atoms with van der Waals surface area (Å²) in [5, 5.41) is 4.14. The van der Waals surface area contributed by atoms with Crippen LogP contribution in [-0.4, -0.2) is 11.6 Å². The highest BCUT2D eigenvalue weighted by atomic mass is 19.1. The van der Waals surface area contributed by atoms with Gasteiger partial charge in [-0.3, -0.25) is 4.79 Å². The highest BCUT2D eigenvalue weighted by molar-refractivity contribution is 5.95. The third-order valence-electron chi connectivity index (χ3n) is 3.06. The Labute approximate surface area is 123 Å². The minimum absolute atomic E-state index is 0.258. The van der Waals surface area contributed by atoms with Crippen LogP contribution in [0.3, 0.4) is 0 Å². The van der Waals surface area contributed by atoms with Crippen molar-refractivity contribution in [2.45, 2.75) is 19.8 Å². The zero-order valence-corrected chi connectivity index (χ0v) is 11.8. The summed E-state index contributed by atoms with van der Waals surface area (Å²) in [5.74, 6) is -0.847. The van der Waals surface area contributed by atoms with E-state index in [2.05, 4.69) is 10.5 Å². The predicted molar refractivity (Wildman–Crippen MR) is 81.7 cm³/mol. The molecule has 1 N–H and O–H groups in total. The number of carbonyl (C=O) groups is 1. The van der Waals surface area contributed by atoms with Crippen LogP contribution in [0.5, 0.6) is 0 Å². The number of hydrogen-bond acceptors (Lipinski definition) is 2. The Bertz CT molecular complexity index is 638. The van der Waals surface area contributed by atoms with Crippen molar-refractivity contribution in [2.24, 2.45) is 5.10 Å². The minimum atomic E-state index is -0.438. The van der Waals surface area contributed by atoms with E-state index >= 15 is 0 Å². The van der Waals surface area contributed by atoms with E-state index in [1.165, 1.54) is 18.2 Å². The molecule has 0 saturated heterocycles. The molecule has 0 unspecified atom stereocenters. The summed E-state index contributed by atoms with van der Waals surface area (Å²) in [5.41, 5.74) is 4.74. The molecule has 0 aliphatic rings. The Morgan fingerprint density at radius 3 is 2.57 bits per heavy atom. The first kappa shape index (κ1) is 14.9. The van der Waals surface area contributed by atoms with Gasteiger partial charge in [-0.2, -0.15) is 5.10 Å². The van der Waals surface area contributed by atoms with Gasteiger partial charge in [0, 0.05) is 17.7 Å². The number of nitrogens with zero attached hydrogens (tertiary/aromatic N) is 1. The van der Waals surface area contributed by atoms with E-state index in [0.29, 0.717) is 6.42 Å². The molecule has 0 aliphatic heterocycles. The first-order valence-corrected chi connectivity index (χ1v) is 6.84. The molecule has 0 heterocycles. The second-order valence-corrected chi connectivity index (χ2v) is 4.65. The standard InChI is InChI=1S/C17H17FN2O/c1-2-16(11-13-7-4-3-5-8-13)19-20-17(21)14-9-6-10-15(18)12-14/h3-10,12H,2,11H2,1H3,(H,20,21)/b19-16+. The predicted octanol–water partition coefficient (Wildman–Crippen LogP) is 3.56. The average Bonchev–Trinajstić information content (AvgIpc) is 2.52. The topological polar surface area (TPSA) is 41.5 Å². The van der Waals surface area contributed by atoms with Crippen molar-refractivity contribution in [3.05, 3.63) is 71.5 Å². The molecule has 0 aliphatic carbocycles. The SMILES string of the molecule is CC/C(Cc1ccccc1)=N\NC(=O)c1cccc(F)c1. The Hall–Kier alpha value is -2.49. The van der Waals surface area contributed by atoms with Gasteiger partial charge >= 0.3 is 0 Å². The van der Waals surface area contributed by atoms with Gasteiger partial charge in [-0.25, -0.2) is 9.82 Å². The zero-order chi connectivity index (χ0) is 15.1. The molecule has 0 radical (unpaired) electrons. The molecule has 0 spiro atoms. The van der Waals surface area contributed by atoms with E-state index in [1.807, 2.05) is 37.3 Å². The number of hydrazone groups is 1. The van der Waals surface area contributed by atoms with E-state index in [4.69, 9.17) is 0 Å². The Morgan fingerprint density at radius 2 is 1.90 bits per heavy atom. The Morgan fingerprint density at radius 1 is 1.14 bits per heavy atom. The summed E-state index contributed by atoms with van der Waals surface area (Å²) in [6, 6.07) is 15.5. The van der Waals surface area contributed by atoms with Gasteiger partial charge < -0.3 is 0 Å². The van der Waals surface area contributed by atoms with Crippen molar-refractivity contribution < 1.29 is 9.18 Å². The number of amides is 1. The van der Waals surface area contributed by atoms with Crippen LogP contribution in [0.15, 0.2) is 59.7 Å². The van der Waals surface area contributed by atoms with Crippen molar-refractivity contribution >= 4 is 11.6 Å². The Balaban J connectivity index is 2.02. The summed E-state index contributed by atoms with van der Waals surface area (Å²) in [4.78, 5) is 11.9. The molecule has 0 saturated carbocycles. The van der Waals surface area contributed by atoms with Gasteiger partial charge in [0.15, 0.2) is 0 Å². The highest BCUT2D eigenvalue weighted by Gasteiger charge is 2.06. The maximum atomic E-state index is 13.1. The van der Waals surface area contributed by atoms with E-state index in [1.54, 1.807) is 6.07 Å². The van der Waals surface area contributed by atoms with Crippen LogP contribution in [0.1, 0.15) is 29.3 Å². The Kier molecular flexibility index (Phi) is 5.21. The van der Waals surface area contributed by atoms with Gasteiger partial charge in [0.1, 0.15) is 5.82 Å². The minimum Gasteiger partial charge on any atom is -0.267 e. The second kappa shape index (κ2) is 7.33. The van der Waals surface area contributed by atoms with E-state index in [0.717, 1.165) is 17.7 Å². The molecular weight excluding hydrogens is 267 g/mol. The zero-order valence-electron chi connectivity index (χ0n) is 11.8. The van der Waals surface area contributed by atoms with E-state index in [9.17, 15) is 9.18 Å². The third kappa shape index (κ3) is 4.53. The molecule has 0 bridgehead atoms. The summed E-state index contributed by atoms with van der Waals surface area (Å²) >= 11 is 0. The number of benzene rings is 2. The fourth-order valence-corrected chi connectivity index (χ4v) is 1.90. The van der Waals surface area contributed by atoms with E-state index in [-0.39, 0.29) is 5.56 Å². The lowest BCUT2D eigenvalue weighted by molar-refractivity contribution is 0.0954. The average molecular weight is 284 g/mol. The third-order valence-corrected chi connectivity index (χ3v) is 3.06. The van der Waals surface area contributed by atoms with Gasteiger partial charge in [0.2, 0.25) is 0 Å². The van der Waals surface area contributed by atoms with Gasteiger partial charge in [0.25, 0.3) is 5.91 Å². The van der Waals surface area contributed by atoms with Crippen molar-refractivity contribution in [2.75, 3.05) is 0 Å². The molecule has 0 fully saturated rings. The molecule has 2 aromatic carbocycles. The molecule has 0 aromatic heterocycles. The van der Waals surface area contributed by atoms with Crippen LogP contribution < -0.4 is 5.43 Å². The van der Waals surface area contributed by atoms with Crippen molar-refractivity contribution in [3.63, 3.8) is 0 Å². The first-order chi connectivity index (χ1) is 10.2. The summed E-state index contributed by atoms with van der Waals surface area (Å²) in [6.45, 7) is 1.98. The maximum Gasteiger partial charge on any atom is 0.271 e. The monoisotopic (exact) mass is 284 g/mol.